The van der Waals surface area contributed by atoms with Crippen molar-refractivity contribution in [2.75, 3.05) is 13.6 Å². The number of amides is 1. The summed E-state index contributed by atoms with van der Waals surface area (Å²) in [7, 11) is 1.83. The molecule has 82 valence electrons. The Bertz CT molecular complexity index is 363. The predicted octanol–water partition coefficient (Wildman–Crippen LogP) is 0.772. The first-order valence-corrected chi connectivity index (χ1v) is 5.95. The van der Waals surface area contributed by atoms with E-state index in [4.69, 9.17) is 0 Å². The van der Waals surface area contributed by atoms with Gasteiger partial charge in [0.15, 0.2) is 0 Å². The molecule has 15 heavy (non-hydrogen) atoms. The van der Waals surface area contributed by atoms with Gasteiger partial charge in [-0.05, 0) is 20.4 Å². The minimum absolute atomic E-state index is 0.00561. The standard InChI is InChI=1S/C10H15N3OS/c1-7-6-15-9(12-7)5-13-4-3-8(11-2)10(13)14/h6,8,11H,3-5H2,1-2H3. The van der Waals surface area contributed by atoms with Crippen molar-refractivity contribution < 1.29 is 4.79 Å². The number of carbonyl (C=O) groups is 1. The molecule has 0 spiro atoms. The van der Waals surface area contributed by atoms with E-state index in [2.05, 4.69) is 10.3 Å². The van der Waals surface area contributed by atoms with Gasteiger partial charge in [-0.15, -0.1) is 11.3 Å². The summed E-state index contributed by atoms with van der Waals surface area (Å²) in [5.41, 5.74) is 1.03. The van der Waals surface area contributed by atoms with E-state index in [9.17, 15) is 4.79 Å². The lowest BCUT2D eigenvalue weighted by molar-refractivity contribution is -0.129. The van der Waals surface area contributed by atoms with Gasteiger partial charge in [0, 0.05) is 17.6 Å². The molecule has 4 nitrogen and oxygen atoms in total. The molecular formula is C10H15N3OS. The molecule has 1 unspecified atom stereocenters. The van der Waals surface area contributed by atoms with Crippen molar-refractivity contribution in [3.8, 4) is 0 Å². The lowest BCUT2D eigenvalue weighted by atomic mass is 10.3. The molecule has 1 aromatic heterocycles. The minimum Gasteiger partial charge on any atom is -0.335 e. The van der Waals surface area contributed by atoms with Crippen LogP contribution in [0.5, 0.6) is 0 Å². The van der Waals surface area contributed by atoms with Gasteiger partial charge in [-0.2, -0.15) is 0 Å². The van der Waals surface area contributed by atoms with Crippen molar-refractivity contribution in [3.63, 3.8) is 0 Å². The van der Waals surface area contributed by atoms with Crippen LogP contribution in [0.2, 0.25) is 0 Å². The molecule has 0 aromatic carbocycles. The number of aromatic nitrogens is 1. The van der Waals surface area contributed by atoms with Crippen LogP contribution < -0.4 is 5.32 Å². The van der Waals surface area contributed by atoms with Gasteiger partial charge in [0.25, 0.3) is 0 Å². The van der Waals surface area contributed by atoms with E-state index in [1.165, 1.54) is 0 Å². The van der Waals surface area contributed by atoms with E-state index >= 15 is 0 Å². The minimum atomic E-state index is 0.00561. The Morgan fingerprint density at radius 1 is 1.73 bits per heavy atom. The molecule has 1 saturated heterocycles. The Kier molecular flexibility index (Phi) is 3.02. The van der Waals surface area contributed by atoms with Crippen LogP contribution in [-0.2, 0) is 11.3 Å². The third-order valence-electron chi connectivity index (χ3n) is 2.64. The number of nitrogens with zero attached hydrogens (tertiary/aromatic N) is 2. The molecule has 1 aromatic rings. The number of hydrogen-bond donors (Lipinski definition) is 1. The van der Waals surface area contributed by atoms with Gasteiger partial charge >= 0.3 is 0 Å². The second-order valence-corrected chi connectivity index (χ2v) is 4.72. The molecule has 1 N–H and O–H groups in total. The smallest absolute Gasteiger partial charge is 0.240 e. The third kappa shape index (κ3) is 2.18. The Labute approximate surface area is 93.3 Å². The summed E-state index contributed by atoms with van der Waals surface area (Å²) in [6.07, 6.45) is 0.902. The second-order valence-electron chi connectivity index (χ2n) is 3.77. The number of likely N-dealkylation sites (N-methyl/N-ethyl adjacent to an activating group) is 1. The van der Waals surface area contributed by atoms with Crippen LogP contribution in [0.3, 0.4) is 0 Å². The van der Waals surface area contributed by atoms with Gasteiger partial charge in [-0.25, -0.2) is 4.98 Å². The fraction of sp³-hybridized carbons (Fsp3) is 0.600. The monoisotopic (exact) mass is 225 g/mol. The first-order chi connectivity index (χ1) is 7.20. The number of nitrogens with one attached hydrogen (secondary N) is 1. The van der Waals surface area contributed by atoms with Crippen molar-refractivity contribution in [1.82, 2.24) is 15.2 Å². The molecule has 1 fully saturated rings. The lowest BCUT2D eigenvalue weighted by Crippen LogP contribution is -2.35. The highest BCUT2D eigenvalue weighted by Gasteiger charge is 2.30. The maximum absolute atomic E-state index is 11.8. The summed E-state index contributed by atoms with van der Waals surface area (Å²) >= 11 is 1.62. The molecule has 0 radical (unpaired) electrons. The van der Waals surface area contributed by atoms with Crippen LogP contribution >= 0.6 is 11.3 Å². The van der Waals surface area contributed by atoms with Gasteiger partial charge in [-0.1, -0.05) is 0 Å². The zero-order valence-electron chi connectivity index (χ0n) is 8.99. The zero-order chi connectivity index (χ0) is 10.8. The summed E-state index contributed by atoms with van der Waals surface area (Å²) < 4.78 is 0. The molecule has 1 atom stereocenters. The first-order valence-electron chi connectivity index (χ1n) is 5.08. The molecule has 0 aliphatic carbocycles. The van der Waals surface area contributed by atoms with Crippen LogP contribution in [0.1, 0.15) is 17.1 Å². The average molecular weight is 225 g/mol. The molecule has 1 aliphatic heterocycles. The molecule has 2 heterocycles. The van der Waals surface area contributed by atoms with Crippen LogP contribution in [-0.4, -0.2) is 35.4 Å². The van der Waals surface area contributed by atoms with E-state index in [0.717, 1.165) is 23.7 Å². The van der Waals surface area contributed by atoms with E-state index in [1.807, 2.05) is 24.3 Å². The maximum Gasteiger partial charge on any atom is 0.240 e. The van der Waals surface area contributed by atoms with Gasteiger partial charge in [0.1, 0.15) is 5.01 Å². The summed E-state index contributed by atoms with van der Waals surface area (Å²) in [5, 5.41) is 6.07. The normalized spacial score (nSPS) is 21.3. The van der Waals surface area contributed by atoms with Crippen LogP contribution in [0.25, 0.3) is 0 Å². The Balaban J connectivity index is 1.99. The summed E-state index contributed by atoms with van der Waals surface area (Å²) in [5.74, 6) is 0.199. The van der Waals surface area contributed by atoms with E-state index in [0.29, 0.717) is 6.54 Å². The van der Waals surface area contributed by atoms with Crippen molar-refractivity contribution >= 4 is 17.2 Å². The lowest BCUT2D eigenvalue weighted by Gasteiger charge is -2.14. The molecule has 0 bridgehead atoms. The number of carbonyl (C=O) groups excluding carboxylic acids is 1. The first kappa shape index (κ1) is 10.6. The zero-order valence-corrected chi connectivity index (χ0v) is 9.80. The molecule has 1 amide bonds. The highest BCUT2D eigenvalue weighted by Crippen LogP contribution is 2.17. The van der Waals surface area contributed by atoms with Gasteiger partial charge in [-0.3, -0.25) is 4.79 Å². The molecule has 1 aliphatic rings. The SMILES string of the molecule is CNC1CCN(Cc2nc(C)cs2)C1=O. The Morgan fingerprint density at radius 3 is 3.07 bits per heavy atom. The highest BCUT2D eigenvalue weighted by molar-refractivity contribution is 7.09. The van der Waals surface area contributed by atoms with Crippen LogP contribution in [0, 0.1) is 6.92 Å². The van der Waals surface area contributed by atoms with Crippen LogP contribution in [0.4, 0.5) is 0 Å². The van der Waals surface area contributed by atoms with Crippen molar-refractivity contribution in [3.05, 3.63) is 16.1 Å². The topological polar surface area (TPSA) is 45.2 Å². The molecule has 5 heteroatoms. The van der Waals surface area contributed by atoms with Crippen molar-refractivity contribution in [2.45, 2.75) is 25.9 Å². The van der Waals surface area contributed by atoms with Gasteiger partial charge in [0.2, 0.25) is 5.91 Å². The molecule has 2 rings (SSSR count). The fourth-order valence-corrected chi connectivity index (χ4v) is 2.59. The quantitative estimate of drug-likeness (QED) is 0.826. The highest BCUT2D eigenvalue weighted by atomic mass is 32.1. The Morgan fingerprint density at radius 2 is 2.53 bits per heavy atom. The average Bonchev–Trinajstić information content (AvgIpc) is 2.76. The van der Waals surface area contributed by atoms with E-state index in [1.54, 1.807) is 11.3 Å². The fourth-order valence-electron chi connectivity index (χ4n) is 1.80. The number of thiazole rings is 1. The largest absolute Gasteiger partial charge is 0.335 e. The summed E-state index contributed by atoms with van der Waals surface area (Å²) in [4.78, 5) is 18.0. The van der Waals surface area contributed by atoms with Gasteiger partial charge < -0.3 is 10.2 Å². The van der Waals surface area contributed by atoms with Crippen LogP contribution in [0.15, 0.2) is 5.38 Å². The third-order valence-corrected chi connectivity index (χ3v) is 3.59. The van der Waals surface area contributed by atoms with Crippen molar-refractivity contribution in [1.29, 1.82) is 0 Å². The summed E-state index contributed by atoms with van der Waals surface area (Å²) in [6.45, 7) is 3.47. The number of likely N-dealkylation sites (tertiary alicyclic amines) is 1. The molecular weight excluding hydrogens is 210 g/mol. The second kappa shape index (κ2) is 4.28. The Hall–Kier alpha value is -0.940. The van der Waals surface area contributed by atoms with Gasteiger partial charge in [0.05, 0.1) is 12.6 Å². The number of rotatable bonds is 3. The van der Waals surface area contributed by atoms with E-state index < -0.39 is 0 Å². The van der Waals surface area contributed by atoms with Crippen molar-refractivity contribution in [2.24, 2.45) is 0 Å². The predicted molar refractivity (Wildman–Crippen MR) is 59.7 cm³/mol. The maximum atomic E-state index is 11.8. The number of aryl methyl sites for hydroxylation is 1. The molecule has 0 saturated carbocycles. The number of hydrogen-bond acceptors (Lipinski definition) is 4. The summed E-state index contributed by atoms with van der Waals surface area (Å²) in [6, 6.07) is 0.00561. The van der Waals surface area contributed by atoms with E-state index in [-0.39, 0.29) is 11.9 Å².